The molecule has 1 aromatic carbocycles. The van der Waals surface area contributed by atoms with E-state index < -0.39 is 0 Å². The van der Waals surface area contributed by atoms with E-state index >= 15 is 0 Å². The van der Waals surface area contributed by atoms with Crippen LogP contribution in [0.3, 0.4) is 0 Å². The van der Waals surface area contributed by atoms with Crippen molar-refractivity contribution in [2.24, 2.45) is 16.9 Å². The Morgan fingerprint density at radius 2 is 2.05 bits per heavy atom. The summed E-state index contributed by atoms with van der Waals surface area (Å²) in [5, 5.41) is 4.33. The predicted octanol–water partition coefficient (Wildman–Crippen LogP) is 2.61. The zero-order valence-electron chi connectivity index (χ0n) is 12.4. The van der Waals surface area contributed by atoms with E-state index in [2.05, 4.69) is 10.5 Å². The molecular weight excluding hydrogens is 268 g/mol. The van der Waals surface area contributed by atoms with Crippen LogP contribution in [-0.2, 0) is 0 Å². The number of hydrazone groups is 1. The number of benzene rings is 1. The summed E-state index contributed by atoms with van der Waals surface area (Å²) in [7, 11) is 3.12. The minimum atomic E-state index is -0.216. The van der Waals surface area contributed by atoms with E-state index in [-0.39, 0.29) is 5.91 Å². The molecule has 0 heterocycles. The van der Waals surface area contributed by atoms with Gasteiger partial charge in [-0.15, -0.1) is 0 Å². The molecule has 0 radical (unpaired) electrons. The minimum Gasteiger partial charge on any atom is -0.493 e. The third kappa shape index (κ3) is 2.73. The van der Waals surface area contributed by atoms with Gasteiger partial charge in [0.25, 0.3) is 5.91 Å². The van der Waals surface area contributed by atoms with Gasteiger partial charge in [-0.2, -0.15) is 5.10 Å². The zero-order valence-corrected chi connectivity index (χ0v) is 12.4. The van der Waals surface area contributed by atoms with Gasteiger partial charge in [-0.3, -0.25) is 4.79 Å². The molecule has 112 valence electrons. The molecule has 0 saturated heterocycles. The second kappa shape index (κ2) is 5.76. The Hall–Kier alpha value is -2.04. The van der Waals surface area contributed by atoms with Crippen molar-refractivity contribution >= 4 is 11.6 Å². The highest BCUT2D eigenvalue weighted by Gasteiger charge is 2.36. The van der Waals surface area contributed by atoms with Crippen LogP contribution in [0.5, 0.6) is 11.5 Å². The molecule has 21 heavy (non-hydrogen) atoms. The third-order valence-corrected chi connectivity index (χ3v) is 4.46. The van der Waals surface area contributed by atoms with E-state index in [0.29, 0.717) is 23.0 Å². The van der Waals surface area contributed by atoms with Crippen molar-refractivity contribution in [3.05, 3.63) is 23.8 Å². The molecule has 3 rings (SSSR count). The standard InChI is InChI=1S/C16H20N2O3/c1-20-14-6-5-12(9-15(14)21-2)16(19)18-17-13-8-10-3-4-11(13)7-10/h5-6,9-11H,3-4,7-8H2,1-2H3,(H,18,19)/b17-13+. The fraction of sp³-hybridized carbons (Fsp3) is 0.500. The lowest BCUT2D eigenvalue weighted by atomic mass is 9.99. The quantitative estimate of drug-likeness (QED) is 0.866. The SMILES string of the molecule is COc1ccc(C(=O)N/N=C2\CC3CCC2C3)cc1OC. The van der Waals surface area contributed by atoms with Crippen LogP contribution in [0.4, 0.5) is 0 Å². The summed E-state index contributed by atoms with van der Waals surface area (Å²) < 4.78 is 10.4. The highest BCUT2D eigenvalue weighted by atomic mass is 16.5. The number of carbonyl (C=O) groups excluding carboxylic acids is 1. The van der Waals surface area contributed by atoms with Crippen molar-refractivity contribution < 1.29 is 14.3 Å². The van der Waals surface area contributed by atoms with Crippen molar-refractivity contribution in [1.82, 2.24) is 5.43 Å². The summed E-state index contributed by atoms with van der Waals surface area (Å²) in [5.74, 6) is 2.30. The van der Waals surface area contributed by atoms with E-state index in [1.807, 2.05) is 0 Å². The number of amides is 1. The summed E-state index contributed by atoms with van der Waals surface area (Å²) in [4.78, 5) is 12.2. The molecule has 2 aliphatic rings. The molecule has 0 aromatic heterocycles. The zero-order chi connectivity index (χ0) is 14.8. The van der Waals surface area contributed by atoms with E-state index in [4.69, 9.17) is 9.47 Å². The Balaban J connectivity index is 1.69. The van der Waals surface area contributed by atoms with Crippen LogP contribution < -0.4 is 14.9 Å². The van der Waals surface area contributed by atoms with Gasteiger partial charge in [-0.25, -0.2) is 5.43 Å². The molecule has 1 aromatic rings. The first-order chi connectivity index (χ1) is 10.2. The number of carbonyl (C=O) groups is 1. The van der Waals surface area contributed by atoms with Gasteiger partial charge in [-0.05, 0) is 55.7 Å². The topological polar surface area (TPSA) is 59.9 Å². The molecule has 1 N–H and O–H groups in total. The third-order valence-electron chi connectivity index (χ3n) is 4.46. The number of hydrogen-bond acceptors (Lipinski definition) is 4. The lowest BCUT2D eigenvalue weighted by molar-refractivity contribution is 0.0954. The maximum Gasteiger partial charge on any atom is 0.271 e. The molecule has 0 spiro atoms. The van der Waals surface area contributed by atoms with Crippen LogP contribution >= 0.6 is 0 Å². The molecular formula is C16H20N2O3. The summed E-state index contributed by atoms with van der Waals surface area (Å²) in [6, 6.07) is 5.09. The highest BCUT2D eigenvalue weighted by Crippen LogP contribution is 2.42. The average molecular weight is 288 g/mol. The first kappa shape index (κ1) is 13.9. The van der Waals surface area contributed by atoms with Crippen molar-refractivity contribution in [2.45, 2.75) is 25.7 Å². The Morgan fingerprint density at radius 1 is 1.24 bits per heavy atom. The van der Waals surface area contributed by atoms with E-state index in [1.165, 1.54) is 19.3 Å². The van der Waals surface area contributed by atoms with Crippen molar-refractivity contribution in [3.8, 4) is 11.5 Å². The highest BCUT2D eigenvalue weighted by molar-refractivity contribution is 5.97. The van der Waals surface area contributed by atoms with E-state index in [0.717, 1.165) is 18.1 Å². The fourth-order valence-corrected chi connectivity index (χ4v) is 3.33. The molecule has 5 heteroatoms. The van der Waals surface area contributed by atoms with Crippen molar-refractivity contribution in [2.75, 3.05) is 14.2 Å². The lowest BCUT2D eigenvalue weighted by Crippen LogP contribution is -2.22. The van der Waals surface area contributed by atoms with Gasteiger partial charge < -0.3 is 9.47 Å². The predicted molar refractivity (Wildman–Crippen MR) is 79.9 cm³/mol. The number of nitrogens with one attached hydrogen (secondary N) is 1. The Kier molecular flexibility index (Phi) is 3.82. The molecule has 2 bridgehead atoms. The molecule has 0 aliphatic heterocycles. The Bertz CT molecular complexity index is 583. The Labute approximate surface area is 124 Å². The molecule has 2 aliphatic carbocycles. The number of methoxy groups -OCH3 is 2. The monoisotopic (exact) mass is 288 g/mol. The second-order valence-electron chi connectivity index (χ2n) is 5.69. The lowest BCUT2D eigenvalue weighted by Gasteiger charge is -2.12. The molecule has 5 nitrogen and oxygen atoms in total. The average Bonchev–Trinajstić information content (AvgIpc) is 3.14. The maximum atomic E-state index is 12.2. The summed E-state index contributed by atoms with van der Waals surface area (Å²) >= 11 is 0. The van der Waals surface area contributed by atoms with Gasteiger partial charge in [0, 0.05) is 11.3 Å². The van der Waals surface area contributed by atoms with Gasteiger partial charge >= 0.3 is 0 Å². The van der Waals surface area contributed by atoms with E-state index in [1.54, 1.807) is 32.4 Å². The number of hydrogen-bond donors (Lipinski definition) is 1. The number of fused-ring (bicyclic) bond motifs is 2. The number of rotatable bonds is 4. The van der Waals surface area contributed by atoms with Crippen LogP contribution in [0.25, 0.3) is 0 Å². The minimum absolute atomic E-state index is 0.216. The van der Waals surface area contributed by atoms with Gasteiger partial charge in [0.2, 0.25) is 0 Å². The molecule has 2 unspecified atom stereocenters. The molecule has 2 atom stereocenters. The van der Waals surface area contributed by atoms with Crippen molar-refractivity contribution in [1.29, 1.82) is 0 Å². The maximum absolute atomic E-state index is 12.2. The summed E-state index contributed by atoms with van der Waals surface area (Å²) in [6.07, 6.45) is 4.81. The number of ether oxygens (including phenoxy) is 2. The van der Waals surface area contributed by atoms with Crippen LogP contribution in [0, 0.1) is 11.8 Å². The first-order valence-electron chi connectivity index (χ1n) is 7.30. The van der Waals surface area contributed by atoms with Gasteiger partial charge in [0.05, 0.1) is 14.2 Å². The van der Waals surface area contributed by atoms with E-state index in [9.17, 15) is 4.79 Å². The first-order valence-corrected chi connectivity index (χ1v) is 7.30. The van der Waals surface area contributed by atoms with Gasteiger partial charge in [0.15, 0.2) is 11.5 Å². The Morgan fingerprint density at radius 3 is 2.67 bits per heavy atom. The van der Waals surface area contributed by atoms with Crippen LogP contribution in [0.2, 0.25) is 0 Å². The van der Waals surface area contributed by atoms with Gasteiger partial charge in [-0.1, -0.05) is 0 Å². The van der Waals surface area contributed by atoms with Crippen LogP contribution in [-0.4, -0.2) is 25.8 Å². The molecule has 2 fully saturated rings. The largest absolute Gasteiger partial charge is 0.493 e. The van der Waals surface area contributed by atoms with Crippen LogP contribution in [0.1, 0.15) is 36.0 Å². The molecule has 1 amide bonds. The second-order valence-corrected chi connectivity index (χ2v) is 5.69. The summed E-state index contributed by atoms with van der Waals surface area (Å²) in [6.45, 7) is 0. The smallest absolute Gasteiger partial charge is 0.271 e. The molecule has 2 saturated carbocycles. The number of nitrogens with zero attached hydrogens (tertiary/aromatic N) is 1. The van der Waals surface area contributed by atoms with Gasteiger partial charge in [0.1, 0.15) is 0 Å². The summed E-state index contributed by atoms with van der Waals surface area (Å²) in [5.41, 5.74) is 4.33. The van der Waals surface area contributed by atoms with Crippen LogP contribution in [0.15, 0.2) is 23.3 Å². The van der Waals surface area contributed by atoms with Crippen molar-refractivity contribution in [3.63, 3.8) is 0 Å². The fourth-order valence-electron chi connectivity index (χ4n) is 3.33. The normalized spacial score (nSPS) is 25.1.